The van der Waals surface area contributed by atoms with Crippen molar-refractivity contribution in [3.63, 3.8) is 0 Å². The van der Waals surface area contributed by atoms with Gasteiger partial charge in [0, 0.05) is 12.6 Å². The fraction of sp³-hybridized carbons (Fsp3) is 0.455. The van der Waals surface area contributed by atoms with Gasteiger partial charge < -0.3 is 21.1 Å². The van der Waals surface area contributed by atoms with Crippen LogP contribution < -0.4 is 16.2 Å². The van der Waals surface area contributed by atoms with Crippen LogP contribution in [-0.4, -0.2) is 32.1 Å². The molecule has 0 aromatic heterocycles. The first kappa shape index (κ1) is 12.6. The minimum atomic E-state index is -0.436. The standard InChI is InChI=1S/C11H18FN3O/c1-15(2)4-3-5-16-10-7-8(12)6-9(13)11(10)14/h6-7H,3-5,13-14H2,1-2H3. The molecule has 0 heterocycles. The third-order valence-electron chi connectivity index (χ3n) is 2.15. The van der Waals surface area contributed by atoms with Gasteiger partial charge in [0.1, 0.15) is 11.6 Å². The summed E-state index contributed by atoms with van der Waals surface area (Å²) < 4.78 is 18.4. The highest BCUT2D eigenvalue weighted by molar-refractivity contribution is 5.70. The second-order valence-corrected chi connectivity index (χ2v) is 3.91. The quantitative estimate of drug-likeness (QED) is 0.588. The zero-order chi connectivity index (χ0) is 12.1. The summed E-state index contributed by atoms with van der Waals surface area (Å²) >= 11 is 0. The lowest BCUT2D eigenvalue weighted by atomic mass is 10.2. The molecule has 0 amide bonds. The molecule has 1 aromatic carbocycles. The first-order chi connectivity index (χ1) is 7.50. The highest BCUT2D eigenvalue weighted by Crippen LogP contribution is 2.28. The molecule has 0 fully saturated rings. The number of hydrogen-bond acceptors (Lipinski definition) is 4. The molecular formula is C11H18FN3O. The Hall–Kier alpha value is -1.49. The molecule has 1 rings (SSSR count). The Morgan fingerprint density at radius 1 is 1.31 bits per heavy atom. The number of halogens is 1. The largest absolute Gasteiger partial charge is 0.491 e. The van der Waals surface area contributed by atoms with Crippen molar-refractivity contribution in [2.24, 2.45) is 0 Å². The van der Waals surface area contributed by atoms with Crippen LogP contribution in [0.15, 0.2) is 12.1 Å². The van der Waals surface area contributed by atoms with Gasteiger partial charge in [0.25, 0.3) is 0 Å². The van der Waals surface area contributed by atoms with Crippen LogP contribution >= 0.6 is 0 Å². The van der Waals surface area contributed by atoms with Gasteiger partial charge in [-0.2, -0.15) is 0 Å². The fourth-order valence-corrected chi connectivity index (χ4v) is 1.30. The van der Waals surface area contributed by atoms with Crippen LogP contribution in [0.3, 0.4) is 0 Å². The Morgan fingerprint density at radius 2 is 2.00 bits per heavy atom. The van der Waals surface area contributed by atoms with Crippen LogP contribution in [0, 0.1) is 5.82 Å². The van der Waals surface area contributed by atoms with Crippen molar-refractivity contribution < 1.29 is 9.13 Å². The van der Waals surface area contributed by atoms with E-state index in [0.29, 0.717) is 18.0 Å². The minimum absolute atomic E-state index is 0.211. The van der Waals surface area contributed by atoms with E-state index in [9.17, 15) is 4.39 Å². The van der Waals surface area contributed by atoms with Crippen molar-refractivity contribution in [2.45, 2.75) is 6.42 Å². The van der Waals surface area contributed by atoms with Crippen LogP contribution in [0.25, 0.3) is 0 Å². The van der Waals surface area contributed by atoms with Gasteiger partial charge in [0.2, 0.25) is 0 Å². The van der Waals surface area contributed by atoms with Crippen LogP contribution in [0.5, 0.6) is 5.75 Å². The lowest BCUT2D eigenvalue weighted by Crippen LogP contribution is -2.15. The number of nitrogens with zero attached hydrogens (tertiary/aromatic N) is 1. The van der Waals surface area contributed by atoms with Crippen molar-refractivity contribution >= 4 is 11.4 Å². The molecule has 0 saturated carbocycles. The predicted molar refractivity (Wildman–Crippen MR) is 63.9 cm³/mol. The molecule has 4 N–H and O–H groups in total. The molecule has 0 aliphatic heterocycles. The highest BCUT2D eigenvalue weighted by Gasteiger charge is 2.06. The van der Waals surface area contributed by atoms with E-state index < -0.39 is 5.82 Å². The van der Waals surface area contributed by atoms with Crippen molar-refractivity contribution in [3.05, 3.63) is 17.9 Å². The van der Waals surface area contributed by atoms with Crippen LogP contribution in [0.2, 0.25) is 0 Å². The highest BCUT2D eigenvalue weighted by atomic mass is 19.1. The Kier molecular flexibility index (Phi) is 4.37. The molecule has 0 spiro atoms. The van der Waals surface area contributed by atoms with Gasteiger partial charge in [-0.25, -0.2) is 4.39 Å². The summed E-state index contributed by atoms with van der Waals surface area (Å²) in [5.74, 6) is -0.120. The molecule has 90 valence electrons. The summed E-state index contributed by atoms with van der Waals surface area (Å²) in [5, 5.41) is 0. The molecule has 0 saturated heterocycles. The Bertz CT molecular complexity index is 355. The zero-order valence-electron chi connectivity index (χ0n) is 9.66. The molecule has 0 aliphatic rings. The molecule has 0 unspecified atom stereocenters. The summed E-state index contributed by atoms with van der Waals surface area (Å²) in [6.07, 6.45) is 0.850. The number of nitrogens with two attached hydrogens (primary N) is 2. The lowest BCUT2D eigenvalue weighted by Gasteiger charge is -2.12. The van der Waals surface area contributed by atoms with Crippen LogP contribution in [0.1, 0.15) is 6.42 Å². The molecule has 0 bridgehead atoms. The fourth-order valence-electron chi connectivity index (χ4n) is 1.30. The normalized spacial score (nSPS) is 10.8. The van der Waals surface area contributed by atoms with Crippen LogP contribution in [0.4, 0.5) is 15.8 Å². The Morgan fingerprint density at radius 3 is 2.62 bits per heavy atom. The number of nitrogen functional groups attached to an aromatic ring is 2. The van der Waals surface area contributed by atoms with E-state index in [1.165, 1.54) is 12.1 Å². The number of hydrogen-bond donors (Lipinski definition) is 2. The van der Waals surface area contributed by atoms with Gasteiger partial charge in [0.15, 0.2) is 0 Å². The zero-order valence-corrected chi connectivity index (χ0v) is 9.66. The van der Waals surface area contributed by atoms with Gasteiger partial charge in [-0.15, -0.1) is 0 Å². The minimum Gasteiger partial charge on any atom is -0.491 e. The third-order valence-corrected chi connectivity index (χ3v) is 2.15. The number of rotatable bonds is 5. The average molecular weight is 227 g/mol. The van der Waals surface area contributed by atoms with E-state index in [1.807, 2.05) is 19.0 Å². The maximum atomic E-state index is 13.0. The smallest absolute Gasteiger partial charge is 0.147 e. The molecule has 5 heteroatoms. The molecular weight excluding hydrogens is 209 g/mol. The number of anilines is 2. The van der Waals surface area contributed by atoms with Crippen molar-refractivity contribution in [1.82, 2.24) is 4.90 Å². The Labute approximate surface area is 95.0 Å². The molecule has 4 nitrogen and oxygen atoms in total. The molecule has 16 heavy (non-hydrogen) atoms. The van der Waals surface area contributed by atoms with Crippen molar-refractivity contribution in [2.75, 3.05) is 38.7 Å². The number of benzene rings is 1. The summed E-state index contributed by atoms with van der Waals surface area (Å²) in [6, 6.07) is 2.43. The van der Waals surface area contributed by atoms with Gasteiger partial charge in [-0.1, -0.05) is 0 Å². The summed E-state index contributed by atoms with van der Waals surface area (Å²) in [7, 11) is 3.96. The van der Waals surface area contributed by atoms with Crippen molar-refractivity contribution in [3.8, 4) is 5.75 Å². The molecule has 0 radical (unpaired) electrons. The molecule has 0 aliphatic carbocycles. The summed E-state index contributed by atoms with van der Waals surface area (Å²) in [4.78, 5) is 2.05. The second-order valence-electron chi connectivity index (χ2n) is 3.91. The second kappa shape index (κ2) is 5.55. The first-order valence-electron chi connectivity index (χ1n) is 5.12. The summed E-state index contributed by atoms with van der Waals surface area (Å²) in [6.45, 7) is 1.40. The maximum Gasteiger partial charge on any atom is 0.147 e. The monoisotopic (exact) mass is 227 g/mol. The van der Waals surface area contributed by atoms with E-state index in [0.717, 1.165) is 13.0 Å². The van der Waals surface area contributed by atoms with E-state index in [2.05, 4.69) is 0 Å². The molecule has 1 aromatic rings. The third kappa shape index (κ3) is 3.58. The average Bonchev–Trinajstić information content (AvgIpc) is 2.19. The van der Waals surface area contributed by atoms with Gasteiger partial charge in [-0.3, -0.25) is 0 Å². The first-order valence-corrected chi connectivity index (χ1v) is 5.12. The molecule has 0 atom stereocenters. The SMILES string of the molecule is CN(C)CCCOc1cc(F)cc(N)c1N. The van der Waals surface area contributed by atoms with Gasteiger partial charge >= 0.3 is 0 Å². The van der Waals surface area contributed by atoms with E-state index in [4.69, 9.17) is 16.2 Å². The lowest BCUT2D eigenvalue weighted by molar-refractivity contribution is 0.282. The van der Waals surface area contributed by atoms with E-state index >= 15 is 0 Å². The van der Waals surface area contributed by atoms with Gasteiger partial charge in [-0.05, 0) is 26.6 Å². The van der Waals surface area contributed by atoms with Gasteiger partial charge in [0.05, 0.1) is 18.0 Å². The number of ether oxygens (including phenoxy) is 1. The topological polar surface area (TPSA) is 64.5 Å². The Balaban J connectivity index is 2.53. The maximum absolute atomic E-state index is 13.0. The summed E-state index contributed by atoms with van der Waals surface area (Å²) in [5.41, 5.74) is 11.7. The predicted octanol–water partition coefficient (Wildman–Crippen LogP) is 1.32. The van der Waals surface area contributed by atoms with E-state index in [1.54, 1.807) is 0 Å². The van der Waals surface area contributed by atoms with Crippen LogP contribution in [-0.2, 0) is 0 Å². The van der Waals surface area contributed by atoms with Crippen molar-refractivity contribution in [1.29, 1.82) is 0 Å². The van der Waals surface area contributed by atoms with E-state index in [-0.39, 0.29) is 5.69 Å².